The van der Waals surface area contributed by atoms with Crippen molar-refractivity contribution in [2.24, 2.45) is 0 Å². The number of anilines is 1. The molecule has 0 atom stereocenters. The summed E-state index contributed by atoms with van der Waals surface area (Å²) in [5.74, 6) is 1.46. The van der Waals surface area contributed by atoms with Crippen LogP contribution in [0.4, 0.5) is 5.82 Å². The fourth-order valence-corrected chi connectivity index (χ4v) is 3.83. The van der Waals surface area contributed by atoms with Crippen molar-refractivity contribution in [2.75, 3.05) is 18.4 Å². The highest BCUT2D eigenvalue weighted by molar-refractivity contribution is 7.12. The number of carbonyl (C=O) groups is 1. The van der Waals surface area contributed by atoms with E-state index in [0.29, 0.717) is 40.3 Å². The molecule has 30 heavy (non-hydrogen) atoms. The lowest BCUT2D eigenvalue weighted by atomic mass is 10.2. The van der Waals surface area contributed by atoms with Crippen molar-refractivity contribution >= 4 is 45.7 Å². The van der Waals surface area contributed by atoms with Crippen LogP contribution in [0.2, 0.25) is 5.02 Å². The molecule has 0 saturated heterocycles. The normalized spacial score (nSPS) is 11.2. The Kier molecular flexibility index (Phi) is 5.96. The molecular weight excluding hydrogens is 420 g/mol. The van der Waals surface area contributed by atoms with Gasteiger partial charge in [0.25, 0.3) is 5.91 Å². The van der Waals surface area contributed by atoms with Gasteiger partial charge in [0.1, 0.15) is 11.6 Å². The first kappa shape index (κ1) is 20.3. The fourth-order valence-electron chi connectivity index (χ4n) is 2.97. The van der Waals surface area contributed by atoms with E-state index in [1.165, 1.54) is 11.3 Å². The second-order valence-electron chi connectivity index (χ2n) is 6.99. The summed E-state index contributed by atoms with van der Waals surface area (Å²) in [6.07, 6.45) is 1.73. The lowest BCUT2D eigenvalue weighted by Crippen LogP contribution is -2.28. The van der Waals surface area contributed by atoms with E-state index in [0.717, 1.165) is 11.1 Å². The van der Waals surface area contributed by atoms with Gasteiger partial charge in [-0.25, -0.2) is 14.6 Å². The van der Waals surface area contributed by atoms with Gasteiger partial charge in [-0.2, -0.15) is 5.10 Å². The second-order valence-corrected chi connectivity index (χ2v) is 8.35. The molecule has 3 aromatic heterocycles. The van der Waals surface area contributed by atoms with Crippen LogP contribution in [0, 0.1) is 0 Å². The standard InChI is InChI=1S/C21H21ClN6OS/c1-13(2)18-26-19(23-9-10-24-21(29)17-8-5-11-30-17)14-12-25-28(20(14)27-18)16-7-4-3-6-15(16)22/h3-8,11-13H,9-10H2,1-2H3,(H,24,29)(H,23,26,27). The summed E-state index contributed by atoms with van der Waals surface area (Å²) < 4.78 is 1.73. The molecule has 3 heterocycles. The molecule has 9 heteroatoms. The van der Waals surface area contributed by atoms with Gasteiger partial charge in [-0.05, 0) is 23.6 Å². The molecule has 154 valence electrons. The molecule has 0 spiro atoms. The Balaban J connectivity index is 1.58. The summed E-state index contributed by atoms with van der Waals surface area (Å²) in [4.78, 5) is 22.2. The van der Waals surface area contributed by atoms with Gasteiger partial charge < -0.3 is 10.6 Å². The Morgan fingerprint density at radius 3 is 2.73 bits per heavy atom. The molecule has 0 radical (unpaired) electrons. The minimum Gasteiger partial charge on any atom is -0.368 e. The van der Waals surface area contributed by atoms with E-state index in [9.17, 15) is 4.79 Å². The molecule has 0 unspecified atom stereocenters. The zero-order valence-electron chi connectivity index (χ0n) is 16.6. The maximum Gasteiger partial charge on any atom is 0.261 e. The van der Waals surface area contributed by atoms with Crippen LogP contribution >= 0.6 is 22.9 Å². The number of para-hydroxylation sites is 1. The molecule has 1 aromatic carbocycles. The van der Waals surface area contributed by atoms with E-state index in [1.807, 2.05) is 49.6 Å². The van der Waals surface area contributed by atoms with Crippen LogP contribution in [0.25, 0.3) is 16.7 Å². The topological polar surface area (TPSA) is 84.7 Å². The number of thiophene rings is 1. The van der Waals surface area contributed by atoms with E-state index < -0.39 is 0 Å². The van der Waals surface area contributed by atoms with Gasteiger partial charge >= 0.3 is 0 Å². The van der Waals surface area contributed by atoms with E-state index in [-0.39, 0.29) is 11.8 Å². The number of fused-ring (bicyclic) bond motifs is 1. The number of hydrogen-bond acceptors (Lipinski definition) is 6. The van der Waals surface area contributed by atoms with Crippen LogP contribution in [0.3, 0.4) is 0 Å². The number of nitrogens with one attached hydrogen (secondary N) is 2. The predicted molar refractivity (Wildman–Crippen MR) is 121 cm³/mol. The van der Waals surface area contributed by atoms with Crippen molar-refractivity contribution in [3.63, 3.8) is 0 Å². The van der Waals surface area contributed by atoms with Crippen LogP contribution in [0.1, 0.15) is 35.3 Å². The molecule has 4 rings (SSSR count). The maximum atomic E-state index is 12.1. The van der Waals surface area contributed by atoms with Gasteiger partial charge in [-0.1, -0.05) is 43.6 Å². The van der Waals surface area contributed by atoms with Crippen molar-refractivity contribution < 1.29 is 4.79 Å². The maximum absolute atomic E-state index is 12.1. The van der Waals surface area contributed by atoms with Gasteiger partial charge in [-0.15, -0.1) is 11.3 Å². The molecule has 0 aliphatic rings. The summed E-state index contributed by atoms with van der Waals surface area (Å²) in [6, 6.07) is 11.2. The summed E-state index contributed by atoms with van der Waals surface area (Å²) in [6.45, 7) is 5.08. The highest BCUT2D eigenvalue weighted by atomic mass is 35.5. The molecule has 7 nitrogen and oxygen atoms in total. The third-order valence-electron chi connectivity index (χ3n) is 4.49. The monoisotopic (exact) mass is 440 g/mol. The van der Waals surface area contributed by atoms with Crippen molar-refractivity contribution in [1.29, 1.82) is 0 Å². The summed E-state index contributed by atoms with van der Waals surface area (Å²) in [7, 11) is 0. The molecule has 4 aromatic rings. The van der Waals surface area contributed by atoms with E-state index in [2.05, 4.69) is 20.7 Å². The quantitative estimate of drug-likeness (QED) is 0.413. The Morgan fingerprint density at radius 1 is 1.17 bits per heavy atom. The first-order valence-corrected chi connectivity index (χ1v) is 10.9. The average molecular weight is 441 g/mol. The lowest BCUT2D eigenvalue weighted by molar-refractivity contribution is 0.0959. The van der Waals surface area contributed by atoms with Crippen LogP contribution < -0.4 is 10.6 Å². The Hall–Kier alpha value is -2.97. The molecule has 0 bridgehead atoms. The van der Waals surface area contributed by atoms with E-state index >= 15 is 0 Å². The Morgan fingerprint density at radius 2 is 2.00 bits per heavy atom. The van der Waals surface area contributed by atoms with Crippen LogP contribution in [0.15, 0.2) is 48.0 Å². The number of nitrogens with zero attached hydrogens (tertiary/aromatic N) is 4. The highest BCUT2D eigenvalue weighted by Crippen LogP contribution is 2.27. The smallest absolute Gasteiger partial charge is 0.261 e. The zero-order chi connectivity index (χ0) is 21.1. The molecule has 2 N–H and O–H groups in total. The van der Waals surface area contributed by atoms with E-state index in [1.54, 1.807) is 16.9 Å². The number of hydrogen-bond donors (Lipinski definition) is 2. The van der Waals surface area contributed by atoms with Crippen molar-refractivity contribution in [1.82, 2.24) is 25.1 Å². The third-order valence-corrected chi connectivity index (χ3v) is 5.68. The minimum absolute atomic E-state index is 0.0750. The molecule has 0 saturated carbocycles. The number of amides is 1. The molecular formula is C21H21ClN6OS. The van der Waals surface area contributed by atoms with Crippen LogP contribution in [0.5, 0.6) is 0 Å². The van der Waals surface area contributed by atoms with Gasteiger partial charge in [0.15, 0.2) is 5.65 Å². The minimum atomic E-state index is -0.0750. The number of rotatable bonds is 7. The molecule has 0 aliphatic carbocycles. The fraction of sp³-hybridized carbons (Fsp3) is 0.238. The van der Waals surface area contributed by atoms with Crippen LogP contribution in [-0.2, 0) is 0 Å². The number of aromatic nitrogens is 4. The summed E-state index contributed by atoms with van der Waals surface area (Å²) in [5, 5.41) is 14.0. The van der Waals surface area contributed by atoms with Crippen molar-refractivity contribution in [3.8, 4) is 5.69 Å². The predicted octanol–water partition coefficient (Wildman–Crippen LogP) is 4.50. The van der Waals surface area contributed by atoms with Gasteiger partial charge in [0.05, 0.1) is 27.2 Å². The SMILES string of the molecule is CC(C)c1nc(NCCNC(=O)c2cccs2)c2cnn(-c3ccccc3Cl)c2n1. The third kappa shape index (κ3) is 4.15. The van der Waals surface area contributed by atoms with Crippen molar-refractivity contribution in [3.05, 3.63) is 63.7 Å². The molecule has 0 aliphatic heterocycles. The molecule has 0 fully saturated rings. The molecule has 1 amide bonds. The first-order valence-electron chi connectivity index (χ1n) is 9.60. The van der Waals surface area contributed by atoms with E-state index in [4.69, 9.17) is 16.6 Å². The summed E-state index contributed by atoms with van der Waals surface area (Å²) in [5.41, 5.74) is 1.45. The highest BCUT2D eigenvalue weighted by Gasteiger charge is 2.17. The number of benzene rings is 1. The lowest BCUT2D eigenvalue weighted by Gasteiger charge is -2.12. The largest absolute Gasteiger partial charge is 0.368 e. The zero-order valence-corrected chi connectivity index (χ0v) is 18.2. The van der Waals surface area contributed by atoms with Gasteiger partial charge in [0, 0.05) is 19.0 Å². The van der Waals surface area contributed by atoms with Crippen molar-refractivity contribution in [2.45, 2.75) is 19.8 Å². The average Bonchev–Trinajstić information content (AvgIpc) is 3.41. The Bertz CT molecular complexity index is 1170. The Labute approximate surface area is 183 Å². The summed E-state index contributed by atoms with van der Waals surface area (Å²) >= 11 is 7.79. The van der Waals surface area contributed by atoms with Gasteiger partial charge in [-0.3, -0.25) is 4.79 Å². The number of halogens is 1. The van der Waals surface area contributed by atoms with Gasteiger partial charge in [0.2, 0.25) is 0 Å². The second kappa shape index (κ2) is 8.81. The number of carbonyl (C=O) groups excluding carboxylic acids is 1. The van der Waals surface area contributed by atoms with Crippen LogP contribution in [-0.4, -0.2) is 38.7 Å². The first-order chi connectivity index (χ1) is 14.5.